The molecule has 1 aromatic heterocycles. The number of benzene rings is 2. The van der Waals surface area contributed by atoms with Gasteiger partial charge in [0, 0.05) is 42.3 Å². The number of hydrogen-bond acceptors (Lipinski definition) is 7. The zero-order valence-electron chi connectivity index (χ0n) is 16.7. The van der Waals surface area contributed by atoms with Gasteiger partial charge in [0.1, 0.15) is 5.01 Å². The monoisotopic (exact) mass is 477 g/mol. The lowest BCUT2D eigenvalue weighted by Gasteiger charge is -2.31. The second-order valence-corrected chi connectivity index (χ2v) is 10.5. The number of likely N-dealkylation sites (N-methyl/N-ethyl adjacent to an activating group) is 1. The lowest BCUT2D eigenvalue weighted by atomic mass is 10.2. The van der Waals surface area contributed by atoms with E-state index in [4.69, 9.17) is 11.6 Å². The third-order valence-electron chi connectivity index (χ3n) is 4.93. The Morgan fingerprint density at radius 3 is 2.48 bits per heavy atom. The summed E-state index contributed by atoms with van der Waals surface area (Å²) >= 11 is 7.12. The van der Waals surface area contributed by atoms with Crippen LogP contribution in [-0.4, -0.2) is 67.0 Å². The number of aromatic nitrogens is 2. The predicted octanol–water partition coefficient (Wildman–Crippen LogP) is 3.05. The van der Waals surface area contributed by atoms with Crippen molar-refractivity contribution in [2.45, 2.75) is 4.90 Å². The Kier molecular flexibility index (Phi) is 6.35. The topological polar surface area (TPSA) is 95.5 Å². The van der Waals surface area contributed by atoms with E-state index in [1.54, 1.807) is 24.3 Å². The summed E-state index contributed by atoms with van der Waals surface area (Å²) in [6, 6.07) is 13.2. The minimum absolute atomic E-state index is 0.101. The van der Waals surface area contributed by atoms with E-state index in [2.05, 4.69) is 20.4 Å². The number of carbonyl (C=O) groups is 1. The van der Waals surface area contributed by atoms with Crippen LogP contribution in [-0.2, 0) is 10.0 Å². The van der Waals surface area contributed by atoms with E-state index in [1.165, 1.54) is 27.8 Å². The number of piperazine rings is 1. The van der Waals surface area contributed by atoms with Crippen LogP contribution in [0.4, 0.5) is 5.13 Å². The van der Waals surface area contributed by atoms with Gasteiger partial charge in [-0.1, -0.05) is 41.1 Å². The van der Waals surface area contributed by atoms with Gasteiger partial charge in [0.2, 0.25) is 15.2 Å². The average molecular weight is 478 g/mol. The largest absolute Gasteiger partial charge is 0.304 e. The van der Waals surface area contributed by atoms with Crippen molar-refractivity contribution < 1.29 is 13.2 Å². The van der Waals surface area contributed by atoms with E-state index in [0.717, 1.165) is 5.56 Å². The van der Waals surface area contributed by atoms with Gasteiger partial charge in [-0.05, 0) is 37.4 Å². The molecular weight excluding hydrogens is 458 g/mol. The number of hydrogen-bond donors (Lipinski definition) is 1. The number of amides is 1. The molecule has 0 aliphatic carbocycles. The van der Waals surface area contributed by atoms with E-state index in [9.17, 15) is 13.2 Å². The summed E-state index contributed by atoms with van der Waals surface area (Å²) in [5.41, 5.74) is 1.07. The molecule has 8 nitrogen and oxygen atoms in total. The summed E-state index contributed by atoms with van der Waals surface area (Å²) in [5.74, 6) is -0.450. The molecule has 1 fully saturated rings. The molecule has 162 valence electrons. The van der Waals surface area contributed by atoms with Crippen molar-refractivity contribution in [3.63, 3.8) is 0 Å². The quantitative estimate of drug-likeness (QED) is 0.606. The van der Waals surface area contributed by atoms with Crippen LogP contribution in [0.3, 0.4) is 0 Å². The third kappa shape index (κ3) is 4.94. The van der Waals surface area contributed by atoms with Gasteiger partial charge in [0.15, 0.2) is 0 Å². The molecule has 3 aromatic rings. The van der Waals surface area contributed by atoms with Crippen LogP contribution in [0.5, 0.6) is 0 Å². The van der Waals surface area contributed by atoms with Crippen LogP contribution in [0.1, 0.15) is 10.4 Å². The second kappa shape index (κ2) is 9.01. The van der Waals surface area contributed by atoms with Crippen molar-refractivity contribution in [3.8, 4) is 10.6 Å². The number of nitrogens with one attached hydrogen (secondary N) is 1. The normalized spacial score (nSPS) is 15.7. The van der Waals surface area contributed by atoms with Gasteiger partial charge >= 0.3 is 0 Å². The molecule has 1 aliphatic heterocycles. The van der Waals surface area contributed by atoms with Crippen molar-refractivity contribution in [2.24, 2.45) is 0 Å². The zero-order chi connectivity index (χ0) is 22.0. The number of anilines is 1. The Morgan fingerprint density at radius 2 is 1.77 bits per heavy atom. The fourth-order valence-corrected chi connectivity index (χ4v) is 5.47. The molecule has 11 heteroatoms. The number of sulfonamides is 1. The van der Waals surface area contributed by atoms with E-state index < -0.39 is 15.9 Å². The first kappa shape index (κ1) is 21.8. The number of carbonyl (C=O) groups excluding carboxylic acids is 1. The van der Waals surface area contributed by atoms with E-state index >= 15 is 0 Å². The number of halogens is 1. The first-order chi connectivity index (χ1) is 14.8. The van der Waals surface area contributed by atoms with Crippen LogP contribution in [0.15, 0.2) is 53.4 Å². The lowest BCUT2D eigenvalue weighted by Crippen LogP contribution is -2.47. The highest BCUT2D eigenvalue weighted by molar-refractivity contribution is 7.89. The van der Waals surface area contributed by atoms with Crippen LogP contribution >= 0.6 is 22.9 Å². The molecule has 0 bridgehead atoms. The highest BCUT2D eigenvalue weighted by Gasteiger charge is 2.28. The maximum atomic E-state index is 13.0. The Hall–Kier alpha value is -2.37. The Bertz CT molecular complexity index is 1190. The van der Waals surface area contributed by atoms with Gasteiger partial charge < -0.3 is 4.90 Å². The van der Waals surface area contributed by atoms with Crippen molar-refractivity contribution in [1.29, 1.82) is 0 Å². The van der Waals surface area contributed by atoms with Crippen LogP contribution in [0.2, 0.25) is 5.02 Å². The highest BCUT2D eigenvalue weighted by atomic mass is 35.5. The molecule has 1 aliphatic rings. The van der Waals surface area contributed by atoms with Crippen molar-refractivity contribution in [2.75, 3.05) is 38.5 Å². The minimum Gasteiger partial charge on any atom is -0.304 e. The predicted molar refractivity (Wildman–Crippen MR) is 121 cm³/mol. The first-order valence-corrected chi connectivity index (χ1v) is 12.2. The number of nitrogens with zero attached hydrogens (tertiary/aromatic N) is 4. The van der Waals surface area contributed by atoms with Crippen molar-refractivity contribution >= 4 is 44.0 Å². The van der Waals surface area contributed by atoms with Crippen LogP contribution in [0.25, 0.3) is 10.6 Å². The lowest BCUT2D eigenvalue weighted by molar-refractivity contribution is 0.102. The zero-order valence-corrected chi connectivity index (χ0v) is 19.0. The van der Waals surface area contributed by atoms with Crippen molar-refractivity contribution in [1.82, 2.24) is 19.4 Å². The van der Waals surface area contributed by atoms with E-state index in [-0.39, 0.29) is 10.5 Å². The van der Waals surface area contributed by atoms with Crippen LogP contribution in [0, 0.1) is 0 Å². The third-order valence-corrected chi connectivity index (χ3v) is 7.97. The maximum Gasteiger partial charge on any atom is 0.257 e. The molecule has 2 aromatic carbocycles. The molecular formula is C20H20ClN5O3S2. The van der Waals surface area contributed by atoms with Gasteiger partial charge in [-0.3, -0.25) is 10.1 Å². The molecule has 31 heavy (non-hydrogen) atoms. The smallest absolute Gasteiger partial charge is 0.257 e. The minimum atomic E-state index is -3.66. The summed E-state index contributed by atoms with van der Waals surface area (Å²) in [4.78, 5) is 14.9. The summed E-state index contributed by atoms with van der Waals surface area (Å²) in [5, 5.41) is 12.4. The highest BCUT2D eigenvalue weighted by Crippen LogP contribution is 2.28. The Morgan fingerprint density at radius 1 is 1.06 bits per heavy atom. The SMILES string of the molecule is CN1CCN(S(=O)(=O)c2cccc(C(=O)Nc3nnc(-c4ccc(Cl)cc4)s3)c2)CC1. The van der Waals surface area contributed by atoms with Gasteiger partial charge in [0.05, 0.1) is 4.90 Å². The summed E-state index contributed by atoms with van der Waals surface area (Å²) in [6.07, 6.45) is 0. The second-order valence-electron chi connectivity index (χ2n) is 7.11. The Labute approximate surface area is 189 Å². The summed E-state index contributed by atoms with van der Waals surface area (Å²) in [7, 11) is -1.70. The molecule has 1 amide bonds. The molecule has 0 unspecified atom stereocenters. The summed E-state index contributed by atoms with van der Waals surface area (Å²) in [6.45, 7) is 2.19. The molecule has 1 saturated heterocycles. The Balaban J connectivity index is 1.49. The van der Waals surface area contributed by atoms with E-state index in [0.29, 0.717) is 41.3 Å². The van der Waals surface area contributed by atoms with Gasteiger partial charge in [-0.25, -0.2) is 8.42 Å². The first-order valence-electron chi connectivity index (χ1n) is 9.52. The molecule has 0 radical (unpaired) electrons. The standard InChI is InChI=1S/C20H20ClN5O3S2/c1-25-9-11-26(12-10-25)31(28,29)17-4-2-3-15(13-17)18(27)22-20-24-23-19(30-20)14-5-7-16(21)8-6-14/h2-8,13H,9-12H2,1H3,(H,22,24,27). The van der Waals surface area contributed by atoms with Gasteiger partial charge in [-0.2, -0.15) is 4.31 Å². The molecule has 2 heterocycles. The van der Waals surface area contributed by atoms with Gasteiger partial charge in [-0.15, -0.1) is 10.2 Å². The van der Waals surface area contributed by atoms with E-state index in [1.807, 2.05) is 19.2 Å². The fourth-order valence-electron chi connectivity index (χ4n) is 3.13. The van der Waals surface area contributed by atoms with Gasteiger partial charge in [0.25, 0.3) is 5.91 Å². The summed E-state index contributed by atoms with van der Waals surface area (Å²) < 4.78 is 27.4. The van der Waals surface area contributed by atoms with Crippen LogP contribution < -0.4 is 5.32 Å². The molecule has 1 N–H and O–H groups in total. The maximum absolute atomic E-state index is 13.0. The average Bonchev–Trinajstić information content (AvgIpc) is 3.23. The molecule has 4 rings (SSSR count). The molecule has 0 saturated carbocycles. The number of rotatable bonds is 5. The van der Waals surface area contributed by atoms with Crippen molar-refractivity contribution in [3.05, 3.63) is 59.1 Å². The molecule has 0 spiro atoms. The fraction of sp³-hybridized carbons (Fsp3) is 0.250. The molecule has 0 atom stereocenters.